The van der Waals surface area contributed by atoms with Crippen molar-refractivity contribution in [3.8, 4) is 0 Å². The molecule has 1 atom stereocenters. The zero-order valence-corrected chi connectivity index (χ0v) is 11.5. The predicted molar refractivity (Wildman–Crippen MR) is 74.1 cm³/mol. The Kier molecular flexibility index (Phi) is 4.15. The first kappa shape index (κ1) is 13.2. The molecule has 0 aromatic heterocycles. The first-order valence-electron chi connectivity index (χ1n) is 6.63. The SMILES string of the molecule is CCc1cccc(C(=O)C2CN(C)CCN2C)c1. The van der Waals surface area contributed by atoms with Crippen LogP contribution in [0.3, 0.4) is 0 Å². The second kappa shape index (κ2) is 5.63. The quantitative estimate of drug-likeness (QED) is 0.758. The maximum atomic E-state index is 12.6. The van der Waals surface area contributed by atoms with Crippen LogP contribution in [0.5, 0.6) is 0 Å². The molecule has 0 bridgehead atoms. The molecular weight excluding hydrogens is 224 g/mol. The normalized spacial score (nSPS) is 22.1. The second-order valence-electron chi connectivity index (χ2n) is 5.18. The number of Topliss-reactive ketones (excluding diaryl/α,β-unsaturated/α-hetero) is 1. The molecule has 0 aliphatic carbocycles. The van der Waals surface area contributed by atoms with Crippen LogP contribution in [0.2, 0.25) is 0 Å². The molecule has 98 valence electrons. The Labute approximate surface area is 109 Å². The van der Waals surface area contributed by atoms with Gasteiger partial charge >= 0.3 is 0 Å². The Balaban J connectivity index is 2.18. The van der Waals surface area contributed by atoms with E-state index in [0.29, 0.717) is 0 Å². The van der Waals surface area contributed by atoms with Crippen molar-refractivity contribution in [3.63, 3.8) is 0 Å². The van der Waals surface area contributed by atoms with E-state index >= 15 is 0 Å². The van der Waals surface area contributed by atoms with Gasteiger partial charge in [-0.3, -0.25) is 9.69 Å². The highest BCUT2D eigenvalue weighted by molar-refractivity contribution is 6.00. The highest BCUT2D eigenvalue weighted by atomic mass is 16.1. The van der Waals surface area contributed by atoms with Crippen molar-refractivity contribution in [2.75, 3.05) is 33.7 Å². The third kappa shape index (κ3) is 2.79. The second-order valence-corrected chi connectivity index (χ2v) is 5.18. The number of carbonyl (C=O) groups excluding carboxylic acids is 1. The van der Waals surface area contributed by atoms with E-state index in [0.717, 1.165) is 31.6 Å². The van der Waals surface area contributed by atoms with Gasteiger partial charge in [-0.05, 0) is 32.1 Å². The molecular formula is C15H22N2O. The summed E-state index contributed by atoms with van der Waals surface area (Å²) in [7, 11) is 4.12. The van der Waals surface area contributed by atoms with Gasteiger partial charge < -0.3 is 4.90 Å². The van der Waals surface area contributed by atoms with Gasteiger partial charge in [-0.15, -0.1) is 0 Å². The van der Waals surface area contributed by atoms with E-state index in [9.17, 15) is 4.79 Å². The number of hydrogen-bond donors (Lipinski definition) is 0. The number of hydrogen-bond acceptors (Lipinski definition) is 3. The molecule has 1 aliphatic heterocycles. The molecule has 1 fully saturated rings. The monoisotopic (exact) mass is 246 g/mol. The minimum absolute atomic E-state index is 0.00384. The molecule has 0 spiro atoms. The Morgan fingerprint density at radius 1 is 1.33 bits per heavy atom. The van der Waals surface area contributed by atoms with Crippen molar-refractivity contribution in [2.24, 2.45) is 0 Å². The van der Waals surface area contributed by atoms with Crippen molar-refractivity contribution < 1.29 is 4.79 Å². The van der Waals surface area contributed by atoms with E-state index < -0.39 is 0 Å². The molecule has 1 heterocycles. The minimum atomic E-state index is -0.00384. The lowest BCUT2D eigenvalue weighted by atomic mass is 9.99. The maximum Gasteiger partial charge on any atom is 0.181 e. The van der Waals surface area contributed by atoms with Crippen molar-refractivity contribution in [1.29, 1.82) is 0 Å². The van der Waals surface area contributed by atoms with E-state index in [1.54, 1.807) is 0 Å². The van der Waals surface area contributed by atoms with Gasteiger partial charge in [0.15, 0.2) is 5.78 Å². The van der Waals surface area contributed by atoms with Gasteiger partial charge in [-0.2, -0.15) is 0 Å². The highest BCUT2D eigenvalue weighted by Crippen LogP contribution is 2.14. The lowest BCUT2D eigenvalue weighted by Crippen LogP contribution is -2.53. The Hall–Kier alpha value is -1.19. The van der Waals surface area contributed by atoms with Gasteiger partial charge in [0.2, 0.25) is 0 Å². The molecule has 2 rings (SSSR count). The van der Waals surface area contributed by atoms with E-state index in [1.807, 2.05) is 25.2 Å². The molecule has 1 aromatic rings. The minimum Gasteiger partial charge on any atom is -0.303 e. The number of benzene rings is 1. The fraction of sp³-hybridized carbons (Fsp3) is 0.533. The van der Waals surface area contributed by atoms with Crippen LogP contribution in [-0.2, 0) is 6.42 Å². The van der Waals surface area contributed by atoms with Gasteiger partial charge in [0, 0.05) is 25.2 Å². The number of ketones is 1. The van der Waals surface area contributed by atoms with Crippen molar-refractivity contribution >= 4 is 5.78 Å². The summed E-state index contributed by atoms with van der Waals surface area (Å²) < 4.78 is 0. The molecule has 1 aliphatic rings. The summed E-state index contributed by atoms with van der Waals surface area (Å²) in [6.45, 7) is 4.94. The van der Waals surface area contributed by atoms with Gasteiger partial charge in [-0.1, -0.05) is 25.1 Å². The number of piperazine rings is 1. The van der Waals surface area contributed by atoms with Crippen LogP contribution in [0.25, 0.3) is 0 Å². The molecule has 18 heavy (non-hydrogen) atoms. The standard InChI is InChI=1S/C15H22N2O/c1-4-12-6-5-7-13(10-12)15(18)14-11-16(2)8-9-17(14)3/h5-7,10,14H,4,8-9,11H2,1-3H3. The molecule has 0 radical (unpaired) electrons. The van der Waals surface area contributed by atoms with Crippen LogP contribution in [0, 0.1) is 0 Å². The van der Waals surface area contributed by atoms with E-state index in [2.05, 4.69) is 29.8 Å². The summed E-state index contributed by atoms with van der Waals surface area (Å²) in [6, 6.07) is 8.02. The summed E-state index contributed by atoms with van der Waals surface area (Å²) in [5.41, 5.74) is 2.08. The van der Waals surface area contributed by atoms with Crippen molar-refractivity contribution in [2.45, 2.75) is 19.4 Å². The van der Waals surface area contributed by atoms with Gasteiger partial charge in [-0.25, -0.2) is 0 Å². The van der Waals surface area contributed by atoms with Gasteiger partial charge in [0.25, 0.3) is 0 Å². The van der Waals surface area contributed by atoms with Crippen LogP contribution in [0.15, 0.2) is 24.3 Å². The molecule has 3 heteroatoms. The van der Waals surface area contributed by atoms with Crippen LogP contribution in [-0.4, -0.2) is 55.4 Å². The molecule has 1 saturated heterocycles. The van der Waals surface area contributed by atoms with Crippen molar-refractivity contribution in [3.05, 3.63) is 35.4 Å². The van der Waals surface area contributed by atoms with Crippen LogP contribution < -0.4 is 0 Å². The summed E-state index contributed by atoms with van der Waals surface area (Å²) in [5.74, 6) is 0.249. The topological polar surface area (TPSA) is 23.6 Å². The Morgan fingerprint density at radius 2 is 2.11 bits per heavy atom. The average Bonchev–Trinajstić information content (AvgIpc) is 2.41. The first-order valence-corrected chi connectivity index (χ1v) is 6.63. The predicted octanol–water partition coefficient (Wildman–Crippen LogP) is 1.68. The largest absolute Gasteiger partial charge is 0.303 e. The van der Waals surface area contributed by atoms with E-state index in [4.69, 9.17) is 0 Å². The fourth-order valence-corrected chi connectivity index (χ4v) is 2.43. The first-order chi connectivity index (χ1) is 8.61. The summed E-state index contributed by atoms with van der Waals surface area (Å²) in [6.07, 6.45) is 0.974. The van der Waals surface area contributed by atoms with Crippen LogP contribution in [0.4, 0.5) is 0 Å². The summed E-state index contributed by atoms with van der Waals surface area (Å²) in [5, 5.41) is 0. The number of aryl methyl sites for hydroxylation is 1. The van der Waals surface area contributed by atoms with E-state index in [-0.39, 0.29) is 11.8 Å². The number of likely N-dealkylation sites (N-methyl/N-ethyl adjacent to an activating group) is 2. The molecule has 0 saturated carbocycles. The number of nitrogens with zero attached hydrogens (tertiary/aromatic N) is 2. The van der Waals surface area contributed by atoms with Crippen molar-refractivity contribution in [1.82, 2.24) is 9.80 Å². The number of carbonyl (C=O) groups is 1. The smallest absolute Gasteiger partial charge is 0.181 e. The number of rotatable bonds is 3. The summed E-state index contributed by atoms with van der Waals surface area (Å²) in [4.78, 5) is 17.0. The van der Waals surface area contributed by atoms with Crippen LogP contribution in [0.1, 0.15) is 22.8 Å². The lowest BCUT2D eigenvalue weighted by molar-refractivity contribution is 0.0686. The van der Waals surface area contributed by atoms with E-state index in [1.165, 1.54) is 5.56 Å². The Bertz CT molecular complexity index is 430. The zero-order chi connectivity index (χ0) is 13.1. The van der Waals surface area contributed by atoms with Gasteiger partial charge in [0.05, 0.1) is 6.04 Å². The third-order valence-corrected chi connectivity index (χ3v) is 3.77. The fourth-order valence-electron chi connectivity index (χ4n) is 2.43. The molecule has 1 aromatic carbocycles. The lowest BCUT2D eigenvalue weighted by Gasteiger charge is -2.36. The molecule has 0 N–H and O–H groups in total. The Morgan fingerprint density at radius 3 is 2.83 bits per heavy atom. The highest BCUT2D eigenvalue weighted by Gasteiger charge is 2.29. The average molecular weight is 246 g/mol. The summed E-state index contributed by atoms with van der Waals surface area (Å²) >= 11 is 0. The molecule has 3 nitrogen and oxygen atoms in total. The van der Waals surface area contributed by atoms with Gasteiger partial charge in [0.1, 0.15) is 0 Å². The van der Waals surface area contributed by atoms with Crippen LogP contribution >= 0.6 is 0 Å². The molecule has 0 amide bonds. The maximum absolute atomic E-state index is 12.6. The third-order valence-electron chi connectivity index (χ3n) is 3.77. The zero-order valence-electron chi connectivity index (χ0n) is 11.5. The molecule has 1 unspecified atom stereocenters.